The SMILES string of the molecule is CC[C@H]1OC[C@]2(c3cc(-c4cncc(C)c4)ccc3F)N=C(N)SC[C@H]12. The lowest BCUT2D eigenvalue weighted by Gasteiger charge is -2.36. The number of amidine groups is 1. The third-order valence-electron chi connectivity index (χ3n) is 5.34. The van der Waals surface area contributed by atoms with Crippen molar-refractivity contribution >= 4 is 16.9 Å². The first-order valence-electron chi connectivity index (χ1n) is 8.85. The van der Waals surface area contributed by atoms with Gasteiger partial charge in [-0.15, -0.1) is 0 Å². The summed E-state index contributed by atoms with van der Waals surface area (Å²) in [5.41, 5.74) is 8.83. The van der Waals surface area contributed by atoms with E-state index in [1.165, 1.54) is 17.8 Å². The average Bonchev–Trinajstić information content (AvgIpc) is 3.00. The molecule has 4 nitrogen and oxygen atoms in total. The number of rotatable bonds is 3. The van der Waals surface area contributed by atoms with Crippen LogP contribution in [0.25, 0.3) is 11.1 Å². The Morgan fingerprint density at radius 3 is 2.92 bits per heavy atom. The van der Waals surface area contributed by atoms with Crippen LogP contribution in [0.1, 0.15) is 24.5 Å². The lowest BCUT2D eigenvalue weighted by Crippen LogP contribution is -2.42. The van der Waals surface area contributed by atoms with Gasteiger partial charge in [0.1, 0.15) is 11.4 Å². The molecule has 136 valence electrons. The van der Waals surface area contributed by atoms with Gasteiger partial charge in [0, 0.05) is 35.2 Å². The maximum atomic E-state index is 15.0. The fourth-order valence-electron chi connectivity index (χ4n) is 4.02. The van der Waals surface area contributed by atoms with Crippen LogP contribution < -0.4 is 5.73 Å². The summed E-state index contributed by atoms with van der Waals surface area (Å²) in [4.78, 5) is 8.99. The monoisotopic (exact) mass is 371 g/mol. The molecule has 3 heterocycles. The first-order chi connectivity index (χ1) is 12.5. The summed E-state index contributed by atoms with van der Waals surface area (Å²) < 4.78 is 21.0. The van der Waals surface area contributed by atoms with E-state index in [-0.39, 0.29) is 17.8 Å². The third-order valence-corrected chi connectivity index (χ3v) is 6.26. The van der Waals surface area contributed by atoms with Gasteiger partial charge in [-0.25, -0.2) is 9.38 Å². The van der Waals surface area contributed by atoms with Crippen LogP contribution in [0, 0.1) is 18.7 Å². The van der Waals surface area contributed by atoms with E-state index in [0.717, 1.165) is 28.9 Å². The Morgan fingerprint density at radius 2 is 2.15 bits per heavy atom. The highest BCUT2D eigenvalue weighted by Crippen LogP contribution is 2.49. The molecule has 4 rings (SSSR count). The Bertz CT molecular complexity index is 872. The van der Waals surface area contributed by atoms with Crippen LogP contribution in [0.3, 0.4) is 0 Å². The van der Waals surface area contributed by atoms with E-state index in [9.17, 15) is 4.39 Å². The van der Waals surface area contributed by atoms with Gasteiger partial charge in [-0.3, -0.25) is 4.98 Å². The van der Waals surface area contributed by atoms with Crippen molar-refractivity contribution in [3.8, 4) is 11.1 Å². The standard InChI is InChI=1S/C20H22FN3OS/c1-3-18-16-10-26-19(22)24-20(16,11-25-18)15-7-13(4-5-17(15)21)14-6-12(2)8-23-9-14/h4-9,16,18H,3,10-11H2,1-2H3,(H2,22,24)/t16-,18-,20-/m1/s1. The molecule has 1 aromatic carbocycles. The lowest BCUT2D eigenvalue weighted by molar-refractivity contribution is 0.0904. The van der Waals surface area contributed by atoms with Crippen LogP contribution in [0.15, 0.2) is 41.7 Å². The molecule has 0 bridgehead atoms. The molecule has 0 saturated carbocycles. The molecule has 26 heavy (non-hydrogen) atoms. The van der Waals surface area contributed by atoms with Gasteiger partial charge in [-0.1, -0.05) is 24.8 Å². The van der Waals surface area contributed by atoms with Gasteiger partial charge in [0.15, 0.2) is 5.17 Å². The molecular weight excluding hydrogens is 349 g/mol. The Labute approximate surface area is 157 Å². The van der Waals surface area contributed by atoms with Crippen LogP contribution in [0.2, 0.25) is 0 Å². The minimum atomic E-state index is -0.743. The van der Waals surface area contributed by atoms with E-state index in [4.69, 9.17) is 15.5 Å². The molecule has 0 radical (unpaired) electrons. The van der Waals surface area contributed by atoms with Gasteiger partial charge in [-0.05, 0) is 42.7 Å². The number of hydrogen-bond donors (Lipinski definition) is 1. The zero-order valence-electron chi connectivity index (χ0n) is 14.9. The number of aryl methyl sites for hydroxylation is 1. The fourth-order valence-corrected chi connectivity index (χ4v) is 5.09. The number of nitrogens with zero attached hydrogens (tertiary/aromatic N) is 2. The summed E-state index contributed by atoms with van der Waals surface area (Å²) >= 11 is 1.53. The van der Waals surface area contributed by atoms with Crippen LogP contribution in [0.5, 0.6) is 0 Å². The van der Waals surface area contributed by atoms with E-state index in [1.807, 2.05) is 25.3 Å². The summed E-state index contributed by atoms with van der Waals surface area (Å²) in [6, 6.07) is 7.25. The Hall–Kier alpha value is -1.92. The molecule has 2 aliphatic rings. The van der Waals surface area contributed by atoms with Crippen molar-refractivity contribution in [1.82, 2.24) is 4.98 Å². The molecule has 0 spiro atoms. The number of halogens is 1. The van der Waals surface area contributed by atoms with Gasteiger partial charge >= 0.3 is 0 Å². The zero-order valence-corrected chi connectivity index (χ0v) is 15.7. The smallest absolute Gasteiger partial charge is 0.154 e. The van der Waals surface area contributed by atoms with Crippen molar-refractivity contribution in [2.45, 2.75) is 31.9 Å². The molecule has 1 saturated heterocycles. The second-order valence-corrected chi connectivity index (χ2v) is 8.04. The van der Waals surface area contributed by atoms with Gasteiger partial charge in [0.2, 0.25) is 0 Å². The van der Waals surface area contributed by atoms with Crippen LogP contribution >= 0.6 is 11.8 Å². The van der Waals surface area contributed by atoms with Crippen molar-refractivity contribution in [2.75, 3.05) is 12.4 Å². The number of benzene rings is 1. The highest BCUT2D eigenvalue weighted by molar-refractivity contribution is 8.13. The Balaban J connectivity index is 1.86. The Morgan fingerprint density at radius 1 is 1.31 bits per heavy atom. The number of hydrogen-bond acceptors (Lipinski definition) is 5. The van der Waals surface area contributed by atoms with Crippen molar-refractivity contribution < 1.29 is 9.13 Å². The first kappa shape index (κ1) is 17.5. The van der Waals surface area contributed by atoms with Crippen molar-refractivity contribution in [3.63, 3.8) is 0 Å². The molecule has 0 unspecified atom stereocenters. The van der Waals surface area contributed by atoms with E-state index >= 15 is 0 Å². The second kappa shape index (κ2) is 6.67. The quantitative estimate of drug-likeness (QED) is 0.889. The van der Waals surface area contributed by atoms with Crippen LogP contribution in [0.4, 0.5) is 4.39 Å². The van der Waals surface area contributed by atoms with E-state index < -0.39 is 5.54 Å². The van der Waals surface area contributed by atoms with Crippen molar-refractivity contribution in [2.24, 2.45) is 16.6 Å². The van der Waals surface area contributed by atoms with E-state index in [0.29, 0.717) is 17.3 Å². The number of fused-ring (bicyclic) bond motifs is 1. The van der Waals surface area contributed by atoms with Crippen molar-refractivity contribution in [1.29, 1.82) is 0 Å². The van der Waals surface area contributed by atoms with Gasteiger partial charge in [0.25, 0.3) is 0 Å². The molecule has 0 aliphatic carbocycles. The second-order valence-electron chi connectivity index (χ2n) is 7.00. The molecule has 2 aromatic rings. The fraction of sp³-hybridized carbons (Fsp3) is 0.400. The molecule has 3 atom stereocenters. The summed E-state index contributed by atoms with van der Waals surface area (Å²) in [6.07, 6.45) is 4.56. The highest BCUT2D eigenvalue weighted by atomic mass is 32.2. The van der Waals surface area contributed by atoms with Gasteiger partial charge in [0.05, 0.1) is 12.7 Å². The first-order valence-corrected chi connectivity index (χ1v) is 9.84. The zero-order chi connectivity index (χ0) is 18.3. The minimum absolute atomic E-state index is 0.0723. The van der Waals surface area contributed by atoms with Gasteiger partial charge < -0.3 is 10.5 Å². The molecule has 2 aliphatic heterocycles. The van der Waals surface area contributed by atoms with Crippen molar-refractivity contribution in [3.05, 3.63) is 53.6 Å². The topological polar surface area (TPSA) is 60.5 Å². The molecular formula is C20H22FN3OS. The summed E-state index contributed by atoms with van der Waals surface area (Å²) in [7, 11) is 0. The lowest BCUT2D eigenvalue weighted by atomic mass is 9.77. The average molecular weight is 371 g/mol. The number of aliphatic imine (C=N–C) groups is 1. The maximum absolute atomic E-state index is 15.0. The predicted molar refractivity (Wildman–Crippen MR) is 104 cm³/mol. The highest BCUT2D eigenvalue weighted by Gasteiger charge is 2.53. The van der Waals surface area contributed by atoms with E-state index in [2.05, 4.69) is 11.9 Å². The molecule has 6 heteroatoms. The maximum Gasteiger partial charge on any atom is 0.154 e. The summed E-state index contributed by atoms with van der Waals surface area (Å²) in [5.74, 6) is 0.650. The number of aromatic nitrogens is 1. The molecule has 1 aromatic heterocycles. The minimum Gasteiger partial charge on any atom is -0.379 e. The third kappa shape index (κ3) is 2.81. The molecule has 1 fully saturated rings. The Kier molecular flexibility index (Phi) is 4.49. The normalized spacial score (nSPS) is 27.9. The van der Waals surface area contributed by atoms with E-state index in [1.54, 1.807) is 12.3 Å². The number of pyridine rings is 1. The summed E-state index contributed by atoms with van der Waals surface area (Å²) in [5, 5.41) is 0.503. The number of nitrogens with two attached hydrogens (primary N) is 1. The van der Waals surface area contributed by atoms with Gasteiger partial charge in [-0.2, -0.15) is 0 Å². The van der Waals surface area contributed by atoms with Crippen LogP contribution in [-0.2, 0) is 10.3 Å². The van der Waals surface area contributed by atoms with Crippen LogP contribution in [-0.4, -0.2) is 28.6 Å². The summed E-state index contributed by atoms with van der Waals surface area (Å²) in [6.45, 7) is 4.46. The number of ether oxygens (including phenoxy) is 1. The largest absolute Gasteiger partial charge is 0.379 e. The molecule has 2 N–H and O–H groups in total. The molecule has 0 amide bonds. The predicted octanol–water partition coefficient (Wildman–Crippen LogP) is 3.88. The number of thioether (sulfide) groups is 1.